The molecule has 1 saturated carbocycles. The molecule has 2 fully saturated rings. The van der Waals surface area contributed by atoms with Gasteiger partial charge in [0.2, 0.25) is 5.91 Å². The Balaban J connectivity index is 1.45. The van der Waals surface area contributed by atoms with Gasteiger partial charge in [0.1, 0.15) is 11.4 Å². The Hall–Kier alpha value is -2.24. The SMILES string of the molecule is CN(C)C(=O)N1CCC2(CC1)C[C@@H](CC(=O)NCC1CC1)c1ccccc1O2. The maximum atomic E-state index is 12.5. The number of nitrogens with one attached hydrogen (secondary N) is 1. The van der Waals surface area contributed by atoms with E-state index < -0.39 is 0 Å². The summed E-state index contributed by atoms with van der Waals surface area (Å²) >= 11 is 0. The molecular weight excluding hydrogens is 354 g/mol. The summed E-state index contributed by atoms with van der Waals surface area (Å²) in [6, 6.07) is 8.18. The minimum Gasteiger partial charge on any atom is -0.487 e. The standard InChI is InChI=1S/C22H31N3O3/c1-24(2)21(27)25-11-9-22(10-12-25)14-17(13-20(26)23-15-16-7-8-16)18-5-3-4-6-19(18)28-22/h3-6,16-17H,7-15H2,1-2H3,(H,23,26)/t17-/m1/s1. The van der Waals surface area contributed by atoms with Gasteiger partial charge in [0.15, 0.2) is 0 Å². The van der Waals surface area contributed by atoms with Crippen molar-refractivity contribution in [3.63, 3.8) is 0 Å². The molecular formula is C22H31N3O3. The molecule has 0 radical (unpaired) electrons. The second-order valence-electron chi connectivity index (χ2n) is 8.84. The highest BCUT2D eigenvalue weighted by atomic mass is 16.5. The Morgan fingerprint density at radius 2 is 1.93 bits per heavy atom. The molecule has 3 aliphatic rings. The fraction of sp³-hybridized carbons (Fsp3) is 0.636. The van der Waals surface area contributed by atoms with Gasteiger partial charge in [-0.05, 0) is 36.8 Å². The number of rotatable bonds is 4. The highest BCUT2D eigenvalue weighted by Gasteiger charge is 2.44. The number of para-hydroxylation sites is 1. The molecule has 1 aromatic rings. The topological polar surface area (TPSA) is 61.9 Å². The average molecular weight is 386 g/mol. The van der Waals surface area contributed by atoms with Crippen LogP contribution < -0.4 is 10.1 Å². The summed E-state index contributed by atoms with van der Waals surface area (Å²) in [6.07, 6.45) is 5.44. The molecule has 0 bridgehead atoms. The van der Waals surface area contributed by atoms with Gasteiger partial charge in [0.05, 0.1) is 0 Å². The number of benzene rings is 1. The predicted octanol–water partition coefficient (Wildman–Crippen LogP) is 2.99. The molecule has 1 aromatic carbocycles. The van der Waals surface area contributed by atoms with Gasteiger partial charge in [-0.15, -0.1) is 0 Å². The van der Waals surface area contributed by atoms with Crippen molar-refractivity contribution < 1.29 is 14.3 Å². The molecule has 2 aliphatic heterocycles. The highest BCUT2D eigenvalue weighted by molar-refractivity contribution is 5.77. The van der Waals surface area contributed by atoms with Crippen molar-refractivity contribution in [1.82, 2.24) is 15.1 Å². The van der Waals surface area contributed by atoms with Crippen molar-refractivity contribution in [2.75, 3.05) is 33.7 Å². The monoisotopic (exact) mass is 385 g/mol. The summed E-state index contributed by atoms with van der Waals surface area (Å²) in [6.45, 7) is 2.20. The van der Waals surface area contributed by atoms with E-state index in [0.717, 1.165) is 37.1 Å². The fourth-order valence-electron chi connectivity index (χ4n) is 4.50. The van der Waals surface area contributed by atoms with E-state index in [1.807, 2.05) is 23.1 Å². The molecule has 1 N–H and O–H groups in total. The van der Waals surface area contributed by atoms with E-state index >= 15 is 0 Å². The Kier molecular flexibility index (Phi) is 5.21. The van der Waals surface area contributed by atoms with Gasteiger partial charge in [0, 0.05) is 58.9 Å². The molecule has 3 amide bonds. The minimum atomic E-state index is -0.279. The Bertz CT molecular complexity index is 736. The molecule has 1 spiro atoms. The van der Waals surface area contributed by atoms with Crippen LogP contribution in [0.15, 0.2) is 24.3 Å². The first-order valence-corrected chi connectivity index (χ1v) is 10.5. The third-order valence-corrected chi connectivity index (χ3v) is 6.35. The number of carbonyl (C=O) groups excluding carboxylic acids is 2. The summed E-state index contributed by atoms with van der Waals surface area (Å²) < 4.78 is 6.49. The van der Waals surface area contributed by atoms with Crippen LogP contribution in [0.25, 0.3) is 0 Å². The summed E-state index contributed by atoms with van der Waals surface area (Å²) in [5.41, 5.74) is 0.861. The molecule has 1 aliphatic carbocycles. The van der Waals surface area contributed by atoms with Crippen LogP contribution in [0.2, 0.25) is 0 Å². The Morgan fingerprint density at radius 3 is 2.61 bits per heavy atom. The molecule has 0 unspecified atom stereocenters. The predicted molar refractivity (Wildman–Crippen MR) is 107 cm³/mol. The molecule has 6 heteroatoms. The molecule has 2 heterocycles. The number of nitrogens with zero attached hydrogens (tertiary/aromatic N) is 2. The van der Waals surface area contributed by atoms with E-state index in [0.29, 0.717) is 25.4 Å². The molecule has 1 atom stereocenters. The van der Waals surface area contributed by atoms with Crippen LogP contribution in [0.5, 0.6) is 5.75 Å². The number of piperidine rings is 1. The zero-order chi connectivity index (χ0) is 19.7. The summed E-state index contributed by atoms with van der Waals surface area (Å²) in [7, 11) is 3.58. The Morgan fingerprint density at radius 1 is 1.21 bits per heavy atom. The van der Waals surface area contributed by atoms with Gasteiger partial charge in [-0.3, -0.25) is 4.79 Å². The first kappa shape index (κ1) is 19.1. The molecule has 152 valence electrons. The summed E-state index contributed by atoms with van der Waals surface area (Å²) in [5.74, 6) is 1.90. The number of hydrogen-bond acceptors (Lipinski definition) is 3. The van der Waals surface area contributed by atoms with Crippen LogP contribution >= 0.6 is 0 Å². The second-order valence-corrected chi connectivity index (χ2v) is 8.84. The first-order valence-electron chi connectivity index (χ1n) is 10.5. The number of urea groups is 1. The Labute approximate surface area is 167 Å². The van der Waals surface area contributed by atoms with Crippen LogP contribution in [-0.4, -0.2) is 61.1 Å². The van der Waals surface area contributed by atoms with Crippen LogP contribution in [0, 0.1) is 5.92 Å². The highest BCUT2D eigenvalue weighted by Crippen LogP contribution is 2.46. The number of amides is 3. The number of ether oxygens (including phenoxy) is 1. The fourth-order valence-corrected chi connectivity index (χ4v) is 4.50. The van der Waals surface area contributed by atoms with Crippen LogP contribution in [0.3, 0.4) is 0 Å². The number of hydrogen-bond donors (Lipinski definition) is 1. The van der Waals surface area contributed by atoms with E-state index in [2.05, 4.69) is 11.4 Å². The average Bonchev–Trinajstić information content (AvgIpc) is 3.51. The van der Waals surface area contributed by atoms with Gasteiger partial charge in [0.25, 0.3) is 0 Å². The summed E-state index contributed by atoms with van der Waals surface area (Å²) in [4.78, 5) is 28.3. The van der Waals surface area contributed by atoms with Crippen LogP contribution in [0.4, 0.5) is 4.79 Å². The quantitative estimate of drug-likeness (QED) is 0.867. The molecule has 28 heavy (non-hydrogen) atoms. The number of likely N-dealkylation sites (tertiary alicyclic amines) is 1. The maximum Gasteiger partial charge on any atom is 0.319 e. The number of fused-ring (bicyclic) bond motifs is 1. The zero-order valence-corrected chi connectivity index (χ0v) is 16.9. The van der Waals surface area contributed by atoms with Gasteiger partial charge in [-0.1, -0.05) is 18.2 Å². The van der Waals surface area contributed by atoms with Crippen molar-refractivity contribution in [3.8, 4) is 5.75 Å². The van der Waals surface area contributed by atoms with E-state index in [1.54, 1.807) is 19.0 Å². The third-order valence-electron chi connectivity index (χ3n) is 6.35. The van der Waals surface area contributed by atoms with Gasteiger partial charge in [-0.25, -0.2) is 4.79 Å². The van der Waals surface area contributed by atoms with E-state index in [1.165, 1.54) is 12.8 Å². The third kappa shape index (κ3) is 4.10. The zero-order valence-electron chi connectivity index (χ0n) is 16.9. The van der Waals surface area contributed by atoms with E-state index in [-0.39, 0.29) is 23.5 Å². The molecule has 1 saturated heterocycles. The maximum absolute atomic E-state index is 12.5. The molecule has 6 nitrogen and oxygen atoms in total. The lowest BCUT2D eigenvalue weighted by Gasteiger charge is -2.47. The molecule has 4 rings (SSSR count). The summed E-state index contributed by atoms with van der Waals surface area (Å²) in [5, 5.41) is 3.11. The number of carbonyl (C=O) groups is 2. The largest absolute Gasteiger partial charge is 0.487 e. The van der Waals surface area contributed by atoms with Crippen LogP contribution in [0.1, 0.15) is 50.0 Å². The smallest absolute Gasteiger partial charge is 0.319 e. The first-order chi connectivity index (χ1) is 13.5. The van der Waals surface area contributed by atoms with Gasteiger partial charge < -0.3 is 19.9 Å². The van der Waals surface area contributed by atoms with Crippen molar-refractivity contribution in [2.24, 2.45) is 5.92 Å². The van der Waals surface area contributed by atoms with Crippen molar-refractivity contribution in [3.05, 3.63) is 29.8 Å². The lowest BCUT2D eigenvalue weighted by molar-refractivity contribution is -0.122. The molecule has 0 aromatic heterocycles. The van der Waals surface area contributed by atoms with E-state index in [9.17, 15) is 9.59 Å². The van der Waals surface area contributed by atoms with Crippen molar-refractivity contribution in [1.29, 1.82) is 0 Å². The lowest BCUT2D eigenvalue weighted by atomic mass is 9.76. The van der Waals surface area contributed by atoms with Crippen molar-refractivity contribution >= 4 is 11.9 Å². The van der Waals surface area contributed by atoms with E-state index in [4.69, 9.17) is 4.74 Å². The van der Waals surface area contributed by atoms with Crippen molar-refractivity contribution in [2.45, 2.75) is 50.0 Å². The normalized spacial score (nSPS) is 22.9. The minimum absolute atomic E-state index is 0.0575. The van der Waals surface area contributed by atoms with Crippen LogP contribution in [-0.2, 0) is 4.79 Å². The second kappa shape index (κ2) is 7.64. The lowest BCUT2D eigenvalue weighted by Crippen LogP contribution is -2.53. The van der Waals surface area contributed by atoms with Gasteiger partial charge in [-0.2, -0.15) is 0 Å². The van der Waals surface area contributed by atoms with Gasteiger partial charge >= 0.3 is 6.03 Å².